The first kappa shape index (κ1) is 14.3. The van der Waals surface area contributed by atoms with Crippen molar-refractivity contribution < 1.29 is 0 Å². The lowest BCUT2D eigenvalue weighted by Gasteiger charge is -2.23. The highest BCUT2D eigenvalue weighted by molar-refractivity contribution is 7.99. The van der Waals surface area contributed by atoms with Crippen LogP contribution >= 0.6 is 23.4 Å². The third-order valence-electron chi connectivity index (χ3n) is 4.06. The molecule has 20 heavy (non-hydrogen) atoms. The number of imidazole rings is 1. The summed E-state index contributed by atoms with van der Waals surface area (Å²) in [6.45, 7) is 5.03. The molecule has 0 amide bonds. The van der Waals surface area contributed by atoms with Crippen LogP contribution in [-0.4, -0.2) is 30.8 Å². The minimum atomic E-state index is -0.0697. The first-order valence-corrected chi connectivity index (χ1v) is 8.78. The zero-order valence-electron chi connectivity index (χ0n) is 12.3. The Labute approximate surface area is 128 Å². The average Bonchev–Trinajstić information content (AvgIpc) is 2.91. The minimum absolute atomic E-state index is 0.0697. The van der Waals surface area contributed by atoms with E-state index in [0.29, 0.717) is 0 Å². The van der Waals surface area contributed by atoms with E-state index in [-0.39, 0.29) is 5.38 Å². The molecule has 0 bridgehead atoms. The summed E-state index contributed by atoms with van der Waals surface area (Å²) in [5.74, 6) is 4.27. The molecule has 110 valence electrons. The highest BCUT2D eigenvalue weighted by atomic mass is 35.5. The van der Waals surface area contributed by atoms with Crippen LogP contribution in [0, 0.1) is 12.8 Å². The number of fused-ring (bicyclic) bond motifs is 1. The van der Waals surface area contributed by atoms with Crippen molar-refractivity contribution in [3.8, 4) is 0 Å². The SMILES string of the molecule is Cc1nn(C)c2c1nc(C(C)Cl)n2CC1CCSCC1. The average molecular weight is 313 g/mol. The molecule has 0 aromatic carbocycles. The second-order valence-electron chi connectivity index (χ2n) is 5.63. The maximum Gasteiger partial charge on any atom is 0.158 e. The van der Waals surface area contributed by atoms with Gasteiger partial charge in [0.1, 0.15) is 11.3 Å². The van der Waals surface area contributed by atoms with Gasteiger partial charge in [0.2, 0.25) is 0 Å². The van der Waals surface area contributed by atoms with Crippen LogP contribution in [0.4, 0.5) is 0 Å². The van der Waals surface area contributed by atoms with E-state index in [1.54, 1.807) is 0 Å². The largest absolute Gasteiger partial charge is 0.311 e. The van der Waals surface area contributed by atoms with Crippen molar-refractivity contribution in [1.82, 2.24) is 19.3 Å². The van der Waals surface area contributed by atoms with E-state index < -0.39 is 0 Å². The maximum absolute atomic E-state index is 6.34. The molecule has 0 N–H and O–H groups in total. The molecule has 1 atom stereocenters. The highest BCUT2D eigenvalue weighted by Gasteiger charge is 2.23. The van der Waals surface area contributed by atoms with E-state index in [0.717, 1.165) is 35.1 Å². The van der Waals surface area contributed by atoms with Gasteiger partial charge in [-0.05, 0) is 44.1 Å². The summed E-state index contributed by atoms with van der Waals surface area (Å²) in [7, 11) is 1.99. The third kappa shape index (κ3) is 2.46. The number of aromatic nitrogens is 4. The van der Waals surface area contributed by atoms with Crippen molar-refractivity contribution in [1.29, 1.82) is 0 Å². The van der Waals surface area contributed by atoms with Crippen LogP contribution in [0.1, 0.15) is 36.7 Å². The van der Waals surface area contributed by atoms with E-state index in [9.17, 15) is 0 Å². The fourth-order valence-electron chi connectivity index (χ4n) is 3.02. The van der Waals surface area contributed by atoms with Crippen molar-refractivity contribution >= 4 is 34.5 Å². The number of nitrogens with zero attached hydrogens (tertiary/aromatic N) is 4. The van der Waals surface area contributed by atoms with Crippen LogP contribution in [0.25, 0.3) is 11.2 Å². The highest BCUT2D eigenvalue weighted by Crippen LogP contribution is 2.30. The molecule has 0 radical (unpaired) electrons. The van der Waals surface area contributed by atoms with Crippen LogP contribution in [0.5, 0.6) is 0 Å². The van der Waals surface area contributed by atoms with Gasteiger partial charge in [-0.1, -0.05) is 0 Å². The quantitative estimate of drug-likeness (QED) is 0.813. The fraction of sp³-hybridized carbons (Fsp3) is 0.714. The predicted octanol–water partition coefficient (Wildman–Crippen LogP) is 3.52. The summed E-state index contributed by atoms with van der Waals surface area (Å²) in [4.78, 5) is 4.74. The van der Waals surface area contributed by atoms with Gasteiger partial charge in [-0.15, -0.1) is 11.6 Å². The summed E-state index contributed by atoms with van der Waals surface area (Å²) in [5.41, 5.74) is 3.10. The van der Waals surface area contributed by atoms with Crippen LogP contribution in [-0.2, 0) is 13.6 Å². The lowest BCUT2D eigenvalue weighted by atomic mass is 10.0. The Balaban J connectivity index is 2.03. The Bertz CT molecular complexity index is 610. The number of hydrogen-bond acceptors (Lipinski definition) is 3. The van der Waals surface area contributed by atoms with Crippen molar-refractivity contribution in [3.05, 3.63) is 11.5 Å². The molecule has 1 fully saturated rings. The zero-order valence-corrected chi connectivity index (χ0v) is 13.8. The van der Waals surface area contributed by atoms with Gasteiger partial charge in [-0.2, -0.15) is 16.9 Å². The predicted molar refractivity (Wildman–Crippen MR) is 85.6 cm³/mol. The Morgan fingerprint density at radius 1 is 1.40 bits per heavy atom. The normalized spacial score (nSPS) is 18.8. The summed E-state index contributed by atoms with van der Waals surface area (Å²) >= 11 is 8.41. The molecule has 1 unspecified atom stereocenters. The molecule has 2 aromatic rings. The summed E-state index contributed by atoms with van der Waals surface area (Å²) in [5, 5.41) is 4.42. The first-order valence-electron chi connectivity index (χ1n) is 7.19. The van der Waals surface area contributed by atoms with E-state index in [2.05, 4.69) is 21.4 Å². The number of aryl methyl sites for hydroxylation is 2. The zero-order chi connectivity index (χ0) is 14.3. The molecule has 0 saturated carbocycles. The van der Waals surface area contributed by atoms with E-state index in [4.69, 9.17) is 16.6 Å². The number of hydrogen-bond donors (Lipinski definition) is 0. The van der Waals surface area contributed by atoms with E-state index >= 15 is 0 Å². The lowest BCUT2D eigenvalue weighted by molar-refractivity contribution is 0.411. The first-order chi connectivity index (χ1) is 9.58. The Morgan fingerprint density at radius 3 is 2.75 bits per heavy atom. The molecular weight excluding hydrogens is 292 g/mol. The van der Waals surface area contributed by atoms with Crippen molar-refractivity contribution in [3.63, 3.8) is 0 Å². The van der Waals surface area contributed by atoms with Gasteiger partial charge in [0.15, 0.2) is 5.65 Å². The molecule has 6 heteroatoms. The summed E-state index contributed by atoms with van der Waals surface area (Å²) in [6, 6.07) is 0. The number of rotatable bonds is 3. The molecule has 2 aromatic heterocycles. The molecule has 3 rings (SSSR count). The van der Waals surface area contributed by atoms with Gasteiger partial charge >= 0.3 is 0 Å². The van der Waals surface area contributed by atoms with Gasteiger partial charge in [0.05, 0.1) is 11.1 Å². The monoisotopic (exact) mass is 312 g/mol. The second-order valence-corrected chi connectivity index (χ2v) is 7.51. The van der Waals surface area contributed by atoms with Crippen LogP contribution < -0.4 is 0 Å². The fourth-order valence-corrected chi connectivity index (χ4v) is 4.39. The Kier molecular flexibility index (Phi) is 4.00. The molecular formula is C14H21ClN4S. The third-order valence-corrected chi connectivity index (χ3v) is 5.30. The summed E-state index contributed by atoms with van der Waals surface area (Å²) < 4.78 is 4.24. The smallest absolute Gasteiger partial charge is 0.158 e. The maximum atomic E-state index is 6.34. The van der Waals surface area contributed by atoms with Crippen LogP contribution in [0.2, 0.25) is 0 Å². The molecule has 3 heterocycles. The van der Waals surface area contributed by atoms with E-state index in [1.165, 1.54) is 24.3 Å². The standard InChI is InChI=1S/C14H21ClN4S/c1-9(15)13-16-12-10(2)17-18(3)14(12)19(13)8-11-4-6-20-7-5-11/h9,11H,4-8H2,1-3H3. The van der Waals surface area contributed by atoms with Gasteiger partial charge in [-0.3, -0.25) is 4.68 Å². The van der Waals surface area contributed by atoms with Gasteiger partial charge in [0.25, 0.3) is 0 Å². The lowest BCUT2D eigenvalue weighted by Crippen LogP contribution is -2.19. The van der Waals surface area contributed by atoms with Crippen LogP contribution in [0.3, 0.4) is 0 Å². The molecule has 4 nitrogen and oxygen atoms in total. The van der Waals surface area contributed by atoms with Gasteiger partial charge in [0, 0.05) is 13.6 Å². The summed E-state index contributed by atoms with van der Waals surface area (Å²) in [6.07, 6.45) is 2.58. The minimum Gasteiger partial charge on any atom is -0.311 e. The van der Waals surface area contributed by atoms with Gasteiger partial charge in [-0.25, -0.2) is 4.98 Å². The van der Waals surface area contributed by atoms with Gasteiger partial charge < -0.3 is 4.57 Å². The Hall–Kier alpha value is -0.680. The number of halogens is 1. The van der Waals surface area contributed by atoms with Crippen molar-refractivity contribution in [2.75, 3.05) is 11.5 Å². The van der Waals surface area contributed by atoms with Crippen LogP contribution in [0.15, 0.2) is 0 Å². The second kappa shape index (κ2) is 5.60. The Morgan fingerprint density at radius 2 is 2.10 bits per heavy atom. The molecule has 1 aliphatic rings. The van der Waals surface area contributed by atoms with E-state index in [1.807, 2.05) is 25.6 Å². The molecule has 1 saturated heterocycles. The topological polar surface area (TPSA) is 35.6 Å². The van der Waals surface area contributed by atoms with Crippen molar-refractivity contribution in [2.24, 2.45) is 13.0 Å². The van der Waals surface area contributed by atoms with Crippen molar-refractivity contribution in [2.45, 2.75) is 38.6 Å². The molecule has 0 aliphatic carbocycles. The number of thioether (sulfide) groups is 1. The molecule has 0 spiro atoms. The molecule has 1 aliphatic heterocycles. The number of alkyl halides is 1.